The van der Waals surface area contributed by atoms with Gasteiger partial charge in [-0.3, -0.25) is 9.59 Å². The molecule has 0 saturated heterocycles. The van der Waals surface area contributed by atoms with Crippen LogP contribution < -0.4 is 5.48 Å². The Bertz CT molecular complexity index is 417. The third-order valence-corrected chi connectivity index (χ3v) is 1.55. The highest BCUT2D eigenvalue weighted by atomic mass is 16.7. The van der Waals surface area contributed by atoms with Gasteiger partial charge in [0.2, 0.25) is 0 Å². The van der Waals surface area contributed by atoms with E-state index in [1.807, 2.05) is 5.48 Å². The molecule has 0 aliphatic heterocycles. The molecule has 0 heterocycles. The molecule has 1 N–H and O–H groups in total. The molecule has 15 heavy (non-hydrogen) atoms. The van der Waals surface area contributed by atoms with Crippen LogP contribution in [-0.4, -0.2) is 11.9 Å². The summed E-state index contributed by atoms with van der Waals surface area (Å²) in [6, 6.07) is 5.98. The van der Waals surface area contributed by atoms with Crippen molar-refractivity contribution in [2.24, 2.45) is 0 Å². The maximum absolute atomic E-state index is 11.3. The van der Waals surface area contributed by atoms with Crippen molar-refractivity contribution in [1.29, 1.82) is 0 Å². The fourth-order valence-electron chi connectivity index (χ4n) is 0.864. The van der Waals surface area contributed by atoms with E-state index >= 15 is 0 Å². The minimum Gasteiger partial charge on any atom is -0.341 e. The van der Waals surface area contributed by atoms with E-state index in [0.717, 1.165) is 0 Å². The van der Waals surface area contributed by atoms with Gasteiger partial charge in [-0.2, -0.15) is 5.48 Å². The van der Waals surface area contributed by atoms with Crippen molar-refractivity contribution < 1.29 is 14.4 Å². The molecule has 0 saturated carbocycles. The zero-order chi connectivity index (χ0) is 11.3. The standard InChI is InChI=1S/C10H8N2O3/c1-7(13)15-12-10(14)8-3-5-9(11-2)6-4-8/h3-6H,1H3,(H,12,14). The van der Waals surface area contributed by atoms with Crippen molar-refractivity contribution in [1.82, 2.24) is 5.48 Å². The topological polar surface area (TPSA) is 59.8 Å². The van der Waals surface area contributed by atoms with Crippen LogP contribution in [0.4, 0.5) is 5.69 Å². The fourth-order valence-corrected chi connectivity index (χ4v) is 0.864. The zero-order valence-corrected chi connectivity index (χ0v) is 7.98. The van der Waals surface area contributed by atoms with Gasteiger partial charge in [0.15, 0.2) is 5.69 Å². The van der Waals surface area contributed by atoms with Crippen LogP contribution in [0.25, 0.3) is 4.85 Å². The molecule has 1 amide bonds. The molecule has 1 rings (SSSR count). The first kappa shape index (κ1) is 10.7. The Kier molecular flexibility index (Phi) is 3.41. The quantitative estimate of drug-likeness (QED) is 0.556. The molecule has 76 valence electrons. The highest BCUT2D eigenvalue weighted by Crippen LogP contribution is 2.12. The van der Waals surface area contributed by atoms with Gasteiger partial charge in [-0.1, -0.05) is 24.3 Å². The monoisotopic (exact) mass is 204 g/mol. The van der Waals surface area contributed by atoms with E-state index in [1.165, 1.54) is 31.2 Å². The largest absolute Gasteiger partial charge is 0.341 e. The average molecular weight is 204 g/mol. The Morgan fingerprint density at radius 3 is 2.40 bits per heavy atom. The smallest absolute Gasteiger partial charge is 0.329 e. The van der Waals surface area contributed by atoms with E-state index < -0.39 is 11.9 Å². The van der Waals surface area contributed by atoms with Gasteiger partial charge < -0.3 is 4.84 Å². The summed E-state index contributed by atoms with van der Waals surface area (Å²) in [5.41, 5.74) is 2.74. The van der Waals surface area contributed by atoms with Gasteiger partial charge in [-0.05, 0) is 0 Å². The van der Waals surface area contributed by atoms with Crippen molar-refractivity contribution in [3.05, 3.63) is 41.2 Å². The van der Waals surface area contributed by atoms with E-state index in [2.05, 4.69) is 9.68 Å². The minimum atomic E-state index is -0.596. The van der Waals surface area contributed by atoms with Gasteiger partial charge in [0.05, 0.1) is 6.57 Å². The molecule has 0 bridgehead atoms. The summed E-state index contributed by atoms with van der Waals surface area (Å²) in [5.74, 6) is -1.12. The molecule has 0 atom stereocenters. The predicted octanol–water partition coefficient (Wildman–Crippen LogP) is 1.45. The van der Waals surface area contributed by atoms with Crippen LogP contribution in [0.2, 0.25) is 0 Å². The minimum absolute atomic E-state index is 0.323. The number of benzene rings is 1. The van der Waals surface area contributed by atoms with E-state index in [4.69, 9.17) is 6.57 Å². The van der Waals surface area contributed by atoms with E-state index in [9.17, 15) is 9.59 Å². The molecular formula is C10H8N2O3. The number of carbonyl (C=O) groups excluding carboxylic acids is 2. The maximum Gasteiger partial charge on any atom is 0.329 e. The third-order valence-electron chi connectivity index (χ3n) is 1.55. The van der Waals surface area contributed by atoms with Gasteiger partial charge in [-0.25, -0.2) is 4.85 Å². The lowest BCUT2D eigenvalue weighted by molar-refractivity contribution is -0.146. The lowest BCUT2D eigenvalue weighted by Crippen LogP contribution is -2.25. The van der Waals surface area contributed by atoms with Crippen molar-refractivity contribution >= 4 is 17.6 Å². The Morgan fingerprint density at radius 1 is 1.33 bits per heavy atom. The van der Waals surface area contributed by atoms with Crippen LogP contribution in [0.1, 0.15) is 17.3 Å². The van der Waals surface area contributed by atoms with Crippen molar-refractivity contribution in [2.75, 3.05) is 0 Å². The molecule has 0 unspecified atom stereocenters. The van der Waals surface area contributed by atoms with Gasteiger partial charge >= 0.3 is 5.97 Å². The van der Waals surface area contributed by atoms with Gasteiger partial charge in [0.1, 0.15) is 0 Å². The molecule has 5 nitrogen and oxygen atoms in total. The maximum atomic E-state index is 11.3. The Labute approximate surface area is 86.4 Å². The molecule has 0 radical (unpaired) electrons. The Hall–Kier alpha value is -2.35. The lowest BCUT2D eigenvalue weighted by atomic mass is 10.2. The molecule has 1 aromatic carbocycles. The number of rotatable bonds is 1. The second-order valence-electron chi connectivity index (χ2n) is 2.68. The third kappa shape index (κ3) is 3.12. The van der Waals surface area contributed by atoms with Crippen LogP contribution in [-0.2, 0) is 9.63 Å². The summed E-state index contributed by atoms with van der Waals surface area (Å²) in [7, 11) is 0. The van der Waals surface area contributed by atoms with Crippen molar-refractivity contribution in [2.45, 2.75) is 6.92 Å². The summed E-state index contributed by atoms with van der Waals surface area (Å²) >= 11 is 0. The average Bonchev–Trinajstić information content (AvgIpc) is 2.26. The summed E-state index contributed by atoms with van der Waals surface area (Å²) in [5, 5.41) is 0. The van der Waals surface area contributed by atoms with Gasteiger partial charge in [-0.15, -0.1) is 0 Å². The molecule has 0 aliphatic rings. The van der Waals surface area contributed by atoms with Crippen LogP contribution in [0, 0.1) is 6.57 Å². The molecule has 5 heteroatoms. The number of amides is 1. The van der Waals surface area contributed by atoms with E-state index in [0.29, 0.717) is 11.3 Å². The van der Waals surface area contributed by atoms with Crippen LogP contribution >= 0.6 is 0 Å². The number of hydrogen-bond acceptors (Lipinski definition) is 3. The molecular weight excluding hydrogens is 196 g/mol. The Morgan fingerprint density at radius 2 is 1.93 bits per heavy atom. The summed E-state index contributed by atoms with van der Waals surface area (Å²) < 4.78 is 0. The summed E-state index contributed by atoms with van der Waals surface area (Å²) in [6.07, 6.45) is 0. The number of carbonyl (C=O) groups is 2. The van der Waals surface area contributed by atoms with Crippen molar-refractivity contribution in [3.8, 4) is 0 Å². The molecule has 0 aliphatic carbocycles. The predicted molar refractivity (Wildman–Crippen MR) is 51.9 cm³/mol. The second-order valence-corrected chi connectivity index (χ2v) is 2.68. The molecule has 0 fully saturated rings. The second kappa shape index (κ2) is 4.77. The summed E-state index contributed by atoms with van der Waals surface area (Å²) in [6.45, 7) is 7.90. The first-order valence-corrected chi connectivity index (χ1v) is 4.09. The lowest BCUT2D eigenvalue weighted by Gasteiger charge is -2.02. The van der Waals surface area contributed by atoms with Gasteiger partial charge in [0.25, 0.3) is 5.91 Å². The normalized spacial score (nSPS) is 8.80. The highest BCUT2D eigenvalue weighted by Gasteiger charge is 2.05. The SMILES string of the molecule is [C-]#[N+]c1ccc(C(=O)NOC(C)=O)cc1. The Balaban J connectivity index is 2.67. The highest BCUT2D eigenvalue weighted by molar-refractivity contribution is 5.94. The first-order chi connectivity index (χ1) is 7.13. The van der Waals surface area contributed by atoms with E-state index in [-0.39, 0.29) is 0 Å². The number of nitrogens with one attached hydrogen (secondary N) is 1. The molecule has 0 aromatic heterocycles. The number of hydrogen-bond donors (Lipinski definition) is 1. The summed E-state index contributed by atoms with van der Waals surface area (Å²) in [4.78, 5) is 29.2. The first-order valence-electron chi connectivity index (χ1n) is 4.09. The molecule has 1 aromatic rings. The van der Waals surface area contributed by atoms with E-state index in [1.54, 1.807) is 0 Å². The molecule has 0 spiro atoms. The van der Waals surface area contributed by atoms with Crippen molar-refractivity contribution in [3.63, 3.8) is 0 Å². The zero-order valence-electron chi connectivity index (χ0n) is 7.98. The van der Waals surface area contributed by atoms with Crippen LogP contribution in [0.3, 0.4) is 0 Å². The number of hydroxylamine groups is 1. The van der Waals surface area contributed by atoms with Gasteiger partial charge in [0, 0.05) is 12.5 Å². The van der Waals surface area contributed by atoms with Crippen LogP contribution in [0.15, 0.2) is 24.3 Å². The fraction of sp³-hybridized carbons (Fsp3) is 0.100. The van der Waals surface area contributed by atoms with Crippen LogP contribution in [0.5, 0.6) is 0 Å². The number of nitrogens with zero attached hydrogens (tertiary/aromatic N) is 1.